The van der Waals surface area contributed by atoms with E-state index in [1.54, 1.807) is 69.1 Å². The van der Waals surface area contributed by atoms with Gasteiger partial charge in [-0.1, -0.05) is 42.2 Å². The quantitative estimate of drug-likeness (QED) is 0.318. The molecule has 0 aliphatic carbocycles. The Morgan fingerprint density at radius 3 is 2.54 bits per heavy atom. The molecule has 0 spiro atoms. The summed E-state index contributed by atoms with van der Waals surface area (Å²) in [5, 5.41) is 0. The van der Waals surface area contributed by atoms with Crippen LogP contribution in [0.25, 0.3) is 6.08 Å². The number of esters is 1. The zero-order valence-corrected chi connectivity index (χ0v) is 22.0. The number of aromatic nitrogens is 1. The van der Waals surface area contributed by atoms with E-state index in [2.05, 4.69) is 11.6 Å². The molecule has 0 unspecified atom stereocenters. The topological polar surface area (TPSA) is 88.4 Å². The summed E-state index contributed by atoms with van der Waals surface area (Å²) >= 11 is 1.26. The zero-order valence-electron chi connectivity index (χ0n) is 21.1. The highest BCUT2D eigenvalue weighted by Crippen LogP contribution is 2.32. The maximum atomic E-state index is 13.7. The van der Waals surface area contributed by atoms with Crippen molar-refractivity contribution in [2.24, 2.45) is 4.99 Å². The first kappa shape index (κ1) is 26.0. The van der Waals surface area contributed by atoms with E-state index in [0.29, 0.717) is 44.5 Å². The molecule has 0 amide bonds. The Kier molecular flexibility index (Phi) is 7.93. The number of thiazole rings is 1. The number of carbonyl (C=O) groups excluding carboxylic acids is 1. The van der Waals surface area contributed by atoms with Crippen LogP contribution in [0, 0.1) is 0 Å². The SMILES string of the molecule is C=CCOc1ccc(/C=c2/sc3n(c2=O)[C@@H](c2ccc(OC)cc2)C(C(=O)OCC)=C(C)N=3)cc1OC. The summed E-state index contributed by atoms with van der Waals surface area (Å²) in [6, 6.07) is 12.0. The molecule has 1 aliphatic heterocycles. The second-order valence-corrected chi connectivity index (χ2v) is 9.09. The van der Waals surface area contributed by atoms with E-state index in [0.717, 1.165) is 11.1 Å². The summed E-state index contributed by atoms with van der Waals surface area (Å²) in [5.41, 5.74) is 2.09. The van der Waals surface area contributed by atoms with Crippen LogP contribution < -0.4 is 29.1 Å². The Morgan fingerprint density at radius 2 is 1.89 bits per heavy atom. The third kappa shape index (κ3) is 5.22. The number of nitrogens with zero attached hydrogens (tertiary/aromatic N) is 2. The van der Waals surface area contributed by atoms with Crippen molar-refractivity contribution in [2.75, 3.05) is 27.4 Å². The van der Waals surface area contributed by atoms with Crippen molar-refractivity contribution in [1.29, 1.82) is 0 Å². The van der Waals surface area contributed by atoms with Gasteiger partial charge in [0.25, 0.3) is 5.56 Å². The number of allylic oxidation sites excluding steroid dienone is 1. The van der Waals surface area contributed by atoms with Gasteiger partial charge in [-0.3, -0.25) is 9.36 Å². The van der Waals surface area contributed by atoms with Crippen LogP contribution in [0.15, 0.2) is 76.2 Å². The molecule has 0 saturated carbocycles. The van der Waals surface area contributed by atoms with E-state index >= 15 is 0 Å². The second-order valence-electron chi connectivity index (χ2n) is 8.09. The molecule has 0 fully saturated rings. The summed E-state index contributed by atoms with van der Waals surface area (Å²) < 4.78 is 23.7. The highest BCUT2D eigenvalue weighted by atomic mass is 32.1. The van der Waals surface area contributed by atoms with Crippen molar-refractivity contribution in [3.05, 3.63) is 97.2 Å². The molecule has 1 aromatic heterocycles. The number of ether oxygens (including phenoxy) is 4. The maximum absolute atomic E-state index is 13.7. The van der Waals surface area contributed by atoms with Gasteiger partial charge in [-0.2, -0.15) is 0 Å². The normalized spacial score (nSPS) is 15.0. The summed E-state index contributed by atoms with van der Waals surface area (Å²) in [6.07, 6.45) is 3.43. The lowest BCUT2D eigenvalue weighted by molar-refractivity contribution is -0.139. The van der Waals surface area contributed by atoms with E-state index < -0.39 is 12.0 Å². The molecule has 3 aromatic rings. The van der Waals surface area contributed by atoms with Gasteiger partial charge in [-0.05, 0) is 55.3 Å². The minimum Gasteiger partial charge on any atom is -0.497 e. The average Bonchev–Trinajstić information content (AvgIpc) is 3.21. The smallest absolute Gasteiger partial charge is 0.338 e. The van der Waals surface area contributed by atoms with Crippen LogP contribution in [0.3, 0.4) is 0 Å². The second kappa shape index (κ2) is 11.3. The van der Waals surface area contributed by atoms with Gasteiger partial charge in [0.15, 0.2) is 16.3 Å². The van der Waals surface area contributed by atoms with E-state index in [9.17, 15) is 9.59 Å². The number of rotatable bonds is 9. The molecule has 0 saturated heterocycles. The Balaban J connectivity index is 1.87. The van der Waals surface area contributed by atoms with Gasteiger partial charge in [0.1, 0.15) is 12.4 Å². The van der Waals surface area contributed by atoms with Crippen molar-refractivity contribution in [1.82, 2.24) is 4.57 Å². The number of hydrogen-bond acceptors (Lipinski definition) is 8. The molecule has 192 valence electrons. The summed E-state index contributed by atoms with van der Waals surface area (Å²) in [7, 11) is 3.14. The summed E-state index contributed by atoms with van der Waals surface area (Å²) in [6.45, 7) is 7.72. The van der Waals surface area contributed by atoms with Crippen LogP contribution in [0.4, 0.5) is 0 Å². The predicted molar refractivity (Wildman–Crippen MR) is 142 cm³/mol. The van der Waals surface area contributed by atoms with Crippen LogP contribution >= 0.6 is 11.3 Å². The van der Waals surface area contributed by atoms with Gasteiger partial charge in [-0.25, -0.2) is 9.79 Å². The molecule has 4 rings (SSSR count). The fourth-order valence-electron chi connectivity index (χ4n) is 4.09. The predicted octanol–water partition coefficient (Wildman–Crippen LogP) is 3.38. The van der Waals surface area contributed by atoms with E-state index in [-0.39, 0.29) is 12.2 Å². The van der Waals surface area contributed by atoms with Gasteiger partial charge < -0.3 is 18.9 Å². The standard InChI is InChI=1S/C28H28N2O6S/c1-6-14-36-21-13-8-18(15-22(21)34-5)16-23-26(31)30-25(19-9-11-20(33-4)12-10-19)24(27(32)35-7-2)17(3)29-28(30)37-23/h6,8-13,15-16,25H,1,7,14H2,2-5H3/b23-16+/t25-/m0/s1. The van der Waals surface area contributed by atoms with Gasteiger partial charge in [-0.15, -0.1) is 0 Å². The number of hydrogen-bond donors (Lipinski definition) is 0. The summed E-state index contributed by atoms with van der Waals surface area (Å²) in [5.74, 6) is 1.29. The first-order valence-electron chi connectivity index (χ1n) is 11.7. The van der Waals surface area contributed by atoms with Gasteiger partial charge in [0.2, 0.25) is 0 Å². The average molecular weight is 521 g/mol. The Bertz CT molecular complexity index is 1530. The van der Waals surface area contributed by atoms with Crippen LogP contribution in [0.5, 0.6) is 17.2 Å². The number of carbonyl (C=O) groups is 1. The fourth-order valence-corrected chi connectivity index (χ4v) is 5.13. The number of benzene rings is 2. The fraction of sp³-hybridized carbons (Fsp3) is 0.250. The molecule has 0 radical (unpaired) electrons. The van der Waals surface area contributed by atoms with Gasteiger partial charge in [0.05, 0.1) is 42.7 Å². The van der Waals surface area contributed by atoms with Crippen molar-refractivity contribution in [2.45, 2.75) is 19.9 Å². The van der Waals surface area contributed by atoms with Gasteiger partial charge in [0, 0.05) is 0 Å². The van der Waals surface area contributed by atoms with Crippen LogP contribution in [0.1, 0.15) is 31.0 Å². The summed E-state index contributed by atoms with van der Waals surface area (Å²) in [4.78, 5) is 31.8. The Labute approximate surface area is 218 Å². The minimum atomic E-state index is -0.687. The molecule has 0 bridgehead atoms. The molecule has 1 atom stereocenters. The third-order valence-electron chi connectivity index (χ3n) is 5.79. The molecule has 1 aliphatic rings. The van der Waals surface area contributed by atoms with Crippen molar-refractivity contribution in [3.8, 4) is 17.2 Å². The highest BCUT2D eigenvalue weighted by Gasteiger charge is 2.33. The molecule has 8 nitrogen and oxygen atoms in total. The molecule has 0 N–H and O–H groups in total. The molecule has 9 heteroatoms. The van der Waals surface area contributed by atoms with Crippen LogP contribution in [-0.2, 0) is 9.53 Å². The molecule has 2 heterocycles. The zero-order chi connectivity index (χ0) is 26.5. The Hall–Kier alpha value is -4.11. The lowest BCUT2D eigenvalue weighted by atomic mass is 9.96. The molecular weight excluding hydrogens is 492 g/mol. The lowest BCUT2D eigenvalue weighted by Crippen LogP contribution is -2.39. The molecule has 2 aromatic carbocycles. The van der Waals surface area contributed by atoms with Crippen LogP contribution in [0.2, 0.25) is 0 Å². The molecule has 37 heavy (non-hydrogen) atoms. The van der Waals surface area contributed by atoms with E-state index in [1.807, 2.05) is 18.2 Å². The molecular formula is C28H28N2O6S. The first-order valence-corrected chi connectivity index (χ1v) is 12.5. The third-order valence-corrected chi connectivity index (χ3v) is 6.77. The highest BCUT2D eigenvalue weighted by molar-refractivity contribution is 7.07. The first-order chi connectivity index (χ1) is 17.9. The van der Waals surface area contributed by atoms with E-state index in [4.69, 9.17) is 18.9 Å². The number of methoxy groups -OCH3 is 2. The van der Waals surface area contributed by atoms with Crippen molar-refractivity contribution < 1.29 is 23.7 Å². The minimum absolute atomic E-state index is 0.212. The van der Waals surface area contributed by atoms with Crippen LogP contribution in [-0.4, -0.2) is 38.0 Å². The van der Waals surface area contributed by atoms with E-state index in [1.165, 1.54) is 11.3 Å². The Morgan fingerprint density at radius 1 is 1.14 bits per heavy atom. The van der Waals surface area contributed by atoms with Crippen molar-refractivity contribution >= 4 is 23.4 Å². The van der Waals surface area contributed by atoms with Gasteiger partial charge >= 0.3 is 5.97 Å². The lowest BCUT2D eigenvalue weighted by Gasteiger charge is -2.24. The maximum Gasteiger partial charge on any atom is 0.338 e. The van der Waals surface area contributed by atoms with Crippen molar-refractivity contribution in [3.63, 3.8) is 0 Å². The number of fused-ring (bicyclic) bond motifs is 1. The monoisotopic (exact) mass is 520 g/mol. The largest absolute Gasteiger partial charge is 0.497 e.